The van der Waals surface area contributed by atoms with E-state index in [0.717, 1.165) is 28.0 Å². The predicted octanol–water partition coefficient (Wildman–Crippen LogP) is 6.32. The molecule has 232 valence electrons. The zero-order valence-electron chi connectivity index (χ0n) is 25.7. The lowest BCUT2D eigenvalue weighted by Crippen LogP contribution is -2.44. The number of rotatable bonds is 5. The maximum Gasteiger partial charge on any atom is 0.408 e. The average Bonchev–Trinajstić information content (AvgIpc) is 3.59. The van der Waals surface area contributed by atoms with Crippen LogP contribution in [0.1, 0.15) is 76.2 Å². The number of nitrogens with zero attached hydrogens (tertiary/aromatic N) is 7. The SMILES string of the molecule is Cc1nnc2n1[C@@H]1C[C@H](c3c(OC(F)F)cccc3-2)n2c1nc1ccc(-c3cnc(C(C)(C)NC(=O)OC(C)(C)C)nc3)cc12. The van der Waals surface area contributed by atoms with E-state index in [4.69, 9.17) is 14.5 Å². The largest absolute Gasteiger partial charge is 0.444 e. The summed E-state index contributed by atoms with van der Waals surface area (Å²) < 4.78 is 41.8. The number of imidazole rings is 1. The Labute approximate surface area is 257 Å². The Hall–Kier alpha value is -4.94. The van der Waals surface area contributed by atoms with E-state index >= 15 is 0 Å². The van der Waals surface area contributed by atoms with Gasteiger partial charge in [0.2, 0.25) is 0 Å². The zero-order valence-corrected chi connectivity index (χ0v) is 25.7. The van der Waals surface area contributed by atoms with Gasteiger partial charge in [-0.2, -0.15) is 8.78 Å². The number of ether oxygens (including phenoxy) is 2. The van der Waals surface area contributed by atoms with Gasteiger partial charge in [-0.3, -0.25) is 0 Å². The third-order valence-electron chi connectivity index (χ3n) is 8.16. The highest BCUT2D eigenvalue weighted by molar-refractivity contribution is 5.84. The maximum absolute atomic E-state index is 13.6. The van der Waals surface area contributed by atoms with Gasteiger partial charge < -0.3 is 23.9 Å². The Balaban J connectivity index is 1.29. The Bertz CT molecular complexity index is 1960. The van der Waals surface area contributed by atoms with Crippen LogP contribution in [0.15, 0.2) is 48.8 Å². The number of carbonyl (C=O) groups excluding carboxylic acids is 1. The molecular weight excluding hydrogens is 582 g/mol. The molecule has 1 amide bonds. The van der Waals surface area contributed by atoms with Crippen LogP contribution in [-0.2, 0) is 10.3 Å². The molecule has 2 bridgehead atoms. The predicted molar refractivity (Wildman–Crippen MR) is 161 cm³/mol. The molecule has 0 aliphatic carbocycles. The third kappa shape index (κ3) is 4.86. The van der Waals surface area contributed by atoms with Crippen molar-refractivity contribution in [1.29, 1.82) is 0 Å². The summed E-state index contributed by atoms with van der Waals surface area (Å²) in [7, 11) is 0. The molecule has 0 radical (unpaired) electrons. The van der Waals surface area contributed by atoms with Crippen LogP contribution in [0.4, 0.5) is 13.6 Å². The molecule has 2 aliphatic rings. The quantitative estimate of drug-likeness (QED) is 0.244. The minimum atomic E-state index is -2.98. The van der Waals surface area contributed by atoms with Gasteiger partial charge in [-0.25, -0.2) is 19.7 Å². The van der Waals surface area contributed by atoms with Crippen molar-refractivity contribution in [3.05, 3.63) is 71.8 Å². The highest BCUT2D eigenvalue weighted by Gasteiger charge is 2.43. The van der Waals surface area contributed by atoms with Crippen LogP contribution in [0.5, 0.6) is 5.75 Å². The first-order valence-electron chi connectivity index (χ1n) is 14.7. The van der Waals surface area contributed by atoms with Gasteiger partial charge in [0.1, 0.15) is 23.0 Å². The summed E-state index contributed by atoms with van der Waals surface area (Å²) >= 11 is 0. The van der Waals surface area contributed by atoms with Gasteiger partial charge in [-0.15, -0.1) is 10.2 Å². The number of amides is 1. The van der Waals surface area contributed by atoms with Crippen LogP contribution in [0.25, 0.3) is 33.5 Å². The van der Waals surface area contributed by atoms with E-state index in [1.807, 2.05) is 35.8 Å². The van der Waals surface area contributed by atoms with Gasteiger partial charge in [0.05, 0.1) is 28.7 Å². The zero-order chi connectivity index (χ0) is 31.8. The van der Waals surface area contributed by atoms with E-state index in [0.29, 0.717) is 35.0 Å². The lowest BCUT2D eigenvalue weighted by Gasteiger charge is -2.27. The number of nitrogens with one attached hydrogen (secondary N) is 1. The molecule has 1 N–H and O–H groups in total. The van der Waals surface area contributed by atoms with Crippen LogP contribution in [0, 0.1) is 6.92 Å². The van der Waals surface area contributed by atoms with E-state index in [9.17, 15) is 13.6 Å². The lowest BCUT2D eigenvalue weighted by atomic mass is 9.97. The molecule has 0 spiro atoms. The standard InChI is InChI=1S/C32H32F2N8O3/c1-16-39-40-26-19-8-7-9-24(44-29(33)34)25(19)22-13-23(41(16)26)27-37-20-11-10-17(12-21(20)42(22)27)18-14-35-28(36-15-18)32(5,6)38-30(43)45-31(2,3)4/h7-12,14-15,22-23,29H,13H2,1-6H3,(H,38,43)/t22-,23-/m1/s1. The number of hydrogen-bond donors (Lipinski definition) is 1. The van der Waals surface area contributed by atoms with E-state index in [1.165, 1.54) is 0 Å². The van der Waals surface area contributed by atoms with Crippen LogP contribution in [0.2, 0.25) is 0 Å². The number of fused-ring (bicyclic) bond motifs is 6. The topological polar surface area (TPSA) is 122 Å². The molecule has 5 aromatic rings. The van der Waals surface area contributed by atoms with Crippen molar-refractivity contribution < 1.29 is 23.0 Å². The number of halogens is 2. The summed E-state index contributed by atoms with van der Waals surface area (Å²) in [4.78, 5) is 26.6. The molecule has 2 aromatic carbocycles. The summed E-state index contributed by atoms with van der Waals surface area (Å²) in [6, 6.07) is 10.5. The molecule has 7 rings (SSSR count). The second kappa shape index (κ2) is 10.0. The van der Waals surface area contributed by atoms with Crippen molar-refractivity contribution in [2.24, 2.45) is 0 Å². The second-order valence-electron chi connectivity index (χ2n) is 12.9. The van der Waals surface area contributed by atoms with Crippen LogP contribution in [0.3, 0.4) is 0 Å². The Morgan fingerprint density at radius 3 is 2.47 bits per heavy atom. The van der Waals surface area contributed by atoms with Crippen molar-refractivity contribution in [2.45, 2.75) is 77.8 Å². The fraction of sp³-hybridized carbons (Fsp3) is 0.375. The molecule has 0 fully saturated rings. The minimum absolute atomic E-state index is 0.109. The van der Waals surface area contributed by atoms with Gasteiger partial charge in [0, 0.05) is 35.5 Å². The molecule has 0 unspecified atom stereocenters. The average molecular weight is 615 g/mol. The van der Waals surface area contributed by atoms with E-state index in [1.54, 1.807) is 59.1 Å². The highest BCUT2D eigenvalue weighted by Crippen LogP contribution is 2.52. The number of alkyl carbamates (subject to hydrolysis) is 1. The number of carbonyl (C=O) groups is 1. The fourth-order valence-corrected chi connectivity index (χ4v) is 6.37. The molecule has 11 nitrogen and oxygen atoms in total. The van der Waals surface area contributed by atoms with E-state index in [2.05, 4.69) is 30.0 Å². The van der Waals surface area contributed by atoms with Crippen molar-refractivity contribution in [2.75, 3.05) is 0 Å². The molecule has 0 saturated heterocycles. The number of alkyl halides is 2. The van der Waals surface area contributed by atoms with Crippen molar-refractivity contribution in [3.8, 4) is 28.3 Å². The van der Waals surface area contributed by atoms with Crippen LogP contribution >= 0.6 is 0 Å². The highest BCUT2D eigenvalue weighted by atomic mass is 19.3. The Kier molecular flexibility index (Phi) is 6.43. The molecular formula is C32H32F2N8O3. The molecule has 2 aliphatic heterocycles. The van der Waals surface area contributed by atoms with Gasteiger partial charge >= 0.3 is 12.7 Å². The smallest absolute Gasteiger partial charge is 0.408 e. The van der Waals surface area contributed by atoms with Gasteiger partial charge in [0.25, 0.3) is 0 Å². The fourth-order valence-electron chi connectivity index (χ4n) is 6.37. The van der Waals surface area contributed by atoms with Crippen LogP contribution < -0.4 is 10.1 Å². The van der Waals surface area contributed by atoms with Crippen molar-refractivity contribution >= 4 is 17.1 Å². The first-order valence-corrected chi connectivity index (χ1v) is 14.7. The normalized spacial score (nSPS) is 17.1. The second-order valence-corrected chi connectivity index (χ2v) is 12.9. The number of aryl methyl sites for hydroxylation is 1. The number of hydrogen-bond acceptors (Lipinski definition) is 8. The van der Waals surface area contributed by atoms with Crippen molar-refractivity contribution in [1.82, 2.24) is 39.6 Å². The first-order chi connectivity index (χ1) is 21.3. The van der Waals surface area contributed by atoms with Crippen LogP contribution in [-0.4, -0.2) is 52.6 Å². The molecule has 45 heavy (non-hydrogen) atoms. The van der Waals surface area contributed by atoms with E-state index < -0.39 is 23.8 Å². The molecule has 0 saturated carbocycles. The molecule has 2 atom stereocenters. The Morgan fingerprint density at radius 2 is 1.76 bits per heavy atom. The van der Waals surface area contributed by atoms with E-state index in [-0.39, 0.29) is 17.8 Å². The molecule has 3 aromatic heterocycles. The van der Waals surface area contributed by atoms with Gasteiger partial charge in [0.15, 0.2) is 11.6 Å². The number of aromatic nitrogens is 7. The summed E-state index contributed by atoms with van der Waals surface area (Å²) in [6.07, 6.45) is 3.45. The lowest BCUT2D eigenvalue weighted by molar-refractivity contribution is -0.0506. The van der Waals surface area contributed by atoms with Gasteiger partial charge in [-0.1, -0.05) is 18.2 Å². The Morgan fingerprint density at radius 1 is 1.00 bits per heavy atom. The monoisotopic (exact) mass is 614 g/mol. The summed E-state index contributed by atoms with van der Waals surface area (Å²) in [5.41, 5.74) is 3.06. The minimum Gasteiger partial charge on any atom is -0.444 e. The summed E-state index contributed by atoms with van der Waals surface area (Å²) in [6.45, 7) is 7.92. The summed E-state index contributed by atoms with van der Waals surface area (Å²) in [5.74, 6) is 2.66. The van der Waals surface area contributed by atoms with Gasteiger partial charge in [-0.05, 0) is 65.3 Å². The number of benzene rings is 2. The molecule has 5 heterocycles. The first kappa shape index (κ1) is 28.8. The summed E-state index contributed by atoms with van der Waals surface area (Å²) in [5, 5.41) is 11.6. The molecule has 13 heteroatoms. The van der Waals surface area contributed by atoms with Crippen molar-refractivity contribution in [3.63, 3.8) is 0 Å². The third-order valence-corrected chi connectivity index (χ3v) is 8.16. The maximum atomic E-state index is 13.6.